The Bertz CT molecular complexity index is 789. The second kappa shape index (κ2) is 8.13. The van der Waals surface area contributed by atoms with E-state index in [0.29, 0.717) is 38.3 Å². The highest BCUT2D eigenvalue weighted by Crippen LogP contribution is 2.13. The van der Waals surface area contributed by atoms with Gasteiger partial charge in [-0.15, -0.1) is 0 Å². The molecule has 1 saturated heterocycles. The molecule has 0 aliphatic carbocycles. The summed E-state index contributed by atoms with van der Waals surface area (Å²) in [5, 5.41) is 0. The molecule has 0 bridgehead atoms. The minimum absolute atomic E-state index is 0.0611. The van der Waals surface area contributed by atoms with Gasteiger partial charge in [-0.2, -0.15) is 0 Å². The van der Waals surface area contributed by atoms with Crippen molar-refractivity contribution in [2.24, 2.45) is 0 Å². The molecular formula is C21H25N3O2. The fourth-order valence-corrected chi connectivity index (χ4v) is 3.22. The quantitative estimate of drug-likeness (QED) is 0.854. The maximum absolute atomic E-state index is 12.7. The van der Waals surface area contributed by atoms with Crippen molar-refractivity contribution in [1.82, 2.24) is 14.8 Å². The predicted molar refractivity (Wildman–Crippen MR) is 101 cm³/mol. The van der Waals surface area contributed by atoms with Crippen LogP contribution in [0.1, 0.15) is 33.6 Å². The maximum Gasteiger partial charge on any atom is 0.272 e. The Morgan fingerprint density at radius 3 is 2.46 bits per heavy atom. The van der Waals surface area contributed by atoms with Crippen LogP contribution >= 0.6 is 0 Å². The maximum atomic E-state index is 12.7. The van der Waals surface area contributed by atoms with Crippen LogP contribution in [0.25, 0.3) is 0 Å². The van der Waals surface area contributed by atoms with E-state index in [2.05, 4.69) is 31.0 Å². The molecule has 0 N–H and O–H groups in total. The Kier molecular flexibility index (Phi) is 5.66. The molecule has 2 aromatic rings. The summed E-state index contributed by atoms with van der Waals surface area (Å²) in [6, 6.07) is 11.5. The lowest BCUT2D eigenvalue weighted by Crippen LogP contribution is -2.38. The number of carbonyl (C=O) groups is 2. The van der Waals surface area contributed by atoms with Gasteiger partial charge in [-0.1, -0.05) is 24.3 Å². The van der Waals surface area contributed by atoms with Gasteiger partial charge in [-0.25, -0.2) is 0 Å². The molecular weight excluding hydrogens is 326 g/mol. The van der Waals surface area contributed by atoms with Crippen LogP contribution < -0.4 is 0 Å². The molecule has 1 aliphatic heterocycles. The lowest BCUT2D eigenvalue weighted by Gasteiger charge is -2.22. The number of aryl methyl sites for hydroxylation is 2. The molecule has 0 unspecified atom stereocenters. The SMILES string of the molecule is Cc1ccc(CC(=O)N2CCCN(C(=O)c3ccccn3)CC2)cc1C. The zero-order valence-electron chi connectivity index (χ0n) is 15.4. The summed E-state index contributed by atoms with van der Waals surface area (Å²) in [7, 11) is 0. The molecule has 1 aromatic heterocycles. The molecule has 2 amide bonds. The number of aromatic nitrogens is 1. The van der Waals surface area contributed by atoms with Gasteiger partial charge in [-0.05, 0) is 49.1 Å². The van der Waals surface area contributed by atoms with Gasteiger partial charge in [0.05, 0.1) is 6.42 Å². The largest absolute Gasteiger partial charge is 0.341 e. The highest BCUT2D eigenvalue weighted by atomic mass is 16.2. The van der Waals surface area contributed by atoms with E-state index in [1.54, 1.807) is 23.2 Å². The van der Waals surface area contributed by atoms with Crippen LogP contribution in [-0.4, -0.2) is 52.8 Å². The first kappa shape index (κ1) is 18.1. The number of pyridine rings is 1. The normalized spacial score (nSPS) is 14.8. The zero-order chi connectivity index (χ0) is 18.5. The molecule has 0 spiro atoms. The number of hydrogen-bond donors (Lipinski definition) is 0. The van der Waals surface area contributed by atoms with Crippen molar-refractivity contribution >= 4 is 11.8 Å². The molecule has 1 fully saturated rings. The molecule has 0 saturated carbocycles. The summed E-state index contributed by atoms with van der Waals surface area (Å²) in [5.41, 5.74) is 3.95. The monoisotopic (exact) mass is 351 g/mol. The second-order valence-corrected chi connectivity index (χ2v) is 6.84. The van der Waals surface area contributed by atoms with Gasteiger partial charge in [0.15, 0.2) is 0 Å². The van der Waals surface area contributed by atoms with Crippen molar-refractivity contribution in [1.29, 1.82) is 0 Å². The number of nitrogens with zero attached hydrogens (tertiary/aromatic N) is 3. The fraction of sp³-hybridized carbons (Fsp3) is 0.381. The van der Waals surface area contributed by atoms with Crippen molar-refractivity contribution in [2.45, 2.75) is 26.7 Å². The van der Waals surface area contributed by atoms with Crippen molar-refractivity contribution in [3.8, 4) is 0 Å². The van der Waals surface area contributed by atoms with Crippen LogP contribution in [-0.2, 0) is 11.2 Å². The Morgan fingerprint density at radius 2 is 1.73 bits per heavy atom. The van der Waals surface area contributed by atoms with E-state index in [-0.39, 0.29) is 11.8 Å². The average Bonchev–Trinajstić information content (AvgIpc) is 2.91. The van der Waals surface area contributed by atoms with Gasteiger partial charge in [-0.3, -0.25) is 14.6 Å². The van der Waals surface area contributed by atoms with Crippen molar-refractivity contribution in [3.63, 3.8) is 0 Å². The Morgan fingerprint density at radius 1 is 0.962 bits per heavy atom. The smallest absolute Gasteiger partial charge is 0.272 e. The molecule has 136 valence electrons. The van der Waals surface area contributed by atoms with Crippen LogP contribution in [0.5, 0.6) is 0 Å². The van der Waals surface area contributed by atoms with E-state index in [4.69, 9.17) is 0 Å². The van der Waals surface area contributed by atoms with Crippen LogP contribution in [0.15, 0.2) is 42.6 Å². The van der Waals surface area contributed by atoms with Crippen LogP contribution in [0.4, 0.5) is 0 Å². The predicted octanol–water partition coefficient (Wildman–Crippen LogP) is 2.62. The molecule has 5 heteroatoms. The average molecular weight is 351 g/mol. The van der Waals surface area contributed by atoms with Crippen LogP contribution in [0, 0.1) is 13.8 Å². The van der Waals surface area contributed by atoms with E-state index in [1.165, 1.54) is 11.1 Å². The first-order valence-electron chi connectivity index (χ1n) is 9.09. The first-order chi connectivity index (χ1) is 12.5. The molecule has 0 atom stereocenters. The number of amides is 2. The van der Waals surface area contributed by atoms with Crippen molar-refractivity contribution in [2.75, 3.05) is 26.2 Å². The summed E-state index contributed by atoms with van der Waals surface area (Å²) in [5.74, 6) is 0.0643. The summed E-state index contributed by atoms with van der Waals surface area (Å²) in [4.78, 5) is 33.0. The van der Waals surface area contributed by atoms with Gasteiger partial charge >= 0.3 is 0 Å². The van der Waals surface area contributed by atoms with Gasteiger partial charge in [0, 0.05) is 32.4 Å². The molecule has 26 heavy (non-hydrogen) atoms. The zero-order valence-corrected chi connectivity index (χ0v) is 15.4. The molecule has 5 nitrogen and oxygen atoms in total. The highest BCUT2D eigenvalue weighted by molar-refractivity contribution is 5.92. The lowest BCUT2D eigenvalue weighted by molar-refractivity contribution is -0.130. The number of benzene rings is 1. The number of carbonyl (C=O) groups excluding carboxylic acids is 2. The van der Waals surface area contributed by atoms with Gasteiger partial charge in [0.1, 0.15) is 5.69 Å². The van der Waals surface area contributed by atoms with E-state index >= 15 is 0 Å². The summed E-state index contributed by atoms with van der Waals surface area (Å²) in [6.45, 7) is 6.61. The van der Waals surface area contributed by atoms with Crippen LogP contribution in [0.2, 0.25) is 0 Å². The minimum atomic E-state index is -0.0611. The molecule has 0 radical (unpaired) electrons. The minimum Gasteiger partial charge on any atom is -0.341 e. The van der Waals surface area contributed by atoms with E-state index < -0.39 is 0 Å². The number of rotatable bonds is 3. The standard InChI is InChI=1S/C21H25N3O2/c1-16-7-8-18(14-17(16)2)15-20(25)23-10-5-11-24(13-12-23)21(26)19-6-3-4-9-22-19/h3-4,6-9,14H,5,10-13,15H2,1-2H3. The van der Waals surface area contributed by atoms with Gasteiger partial charge in [0.25, 0.3) is 5.91 Å². The molecule has 1 aliphatic rings. The van der Waals surface area contributed by atoms with E-state index in [9.17, 15) is 9.59 Å². The Hall–Kier alpha value is -2.69. The summed E-state index contributed by atoms with van der Waals surface area (Å²) >= 11 is 0. The molecule has 1 aromatic carbocycles. The Balaban J connectivity index is 1.60. The third-order valence-electron chi connectivity index (χ3n) is 4.95. The summed E-state index contributed by atoms with van der Waals surface area (Å²) < 4.78 is 0. The van der Waals surface area contributed by atoms with E-state index in [1.807, 2.05) is 17.0 Å². The third-order valence-corrected chi connectivity index (χ3v) is 4.95. The van der Waals surface area contributed by atoms with Crippen molar-refractivity contribution in [3.05, 3.63) is 65.0 Å². The van der Waals surface area contributed by atoms with Gasteiger partial charge in [0.2, 0.25) is 5.91 Å². The lowest BCUT2D eigenvalue weighted by atomic mass is 10.0. The van der Waals surface area contributed by atoms with Crippen LogP contribution in [0.3, 0.4) is 0 Å². The molecule has 2 heterocycles. The molecule has 3 rings (SSSR count). The third kappa shape index (κ3) is 4.28. The first-order valence-corrected chi connectivity index (χ1v) is 9.09. The topological polar surface area (TPSA) is 53.5 Å². The van der Waals surface area contributed by atoms with E-state index in [0.717, 1.165) is 12.0 Å². The van der Waals surface area contributed by atoms with Crippen molar-refractivity contribution < 1.29 is 9.59 Å². The Labute approximate surface area is 154 Å². The fourth-order valence-electron chi connectivity index (χ4n) is 3.22. The highest BCUT2D eigenvalue weighted by Gasteiger charge is 2.23. The van der Waals surface area contributed by atoms with Gasteiger partial charge < -0.3 is 9.80 Å². The second-order valence-electron chi connectivity index (χ2n) is 6.84. The number of hydrogen-bond acceptors (Lipinski definition) is 3. The summed E-state index contributed by atoms with van der Waals surface area (Å²) in [6.07, 6.45) is 2.83.